The summed E-state index contributed by atoms with van der Waals surface area (Å²) in [5.74, 6) is -34.5. The Labute approximate surface area is 239 Å². The molecule has 0 fully saturated rings. The fourth-order valence-corrected chi connectivity index (χ4v) is 2.39. The molecule has 0 saturated heterocycles. The van der Waals surface area contributed by atoms with E-state index in [1.165, 1.54) is 0 Å². The molecular weight excluding hydrogens is 712 g/mol. The second kappa shape index (κ2) is 12.7. The molecular formula is C20H8F20N2O4. The van der Waals surface area contributed by atoms with Crippen LogP contribution in [0.5, 0.6) is 23.0 Å². The fraction of sp³-hybridized carbons (Fsp3) is 0.600. The van der Waals surface area contributed by atoms with Crippen molar-refractivity contribution >= 4 is 0 Å². The van der Waals surface area contributed by atoms with E-state index in [-0.39, 0.29) is 0 Å². The van der Waals surface area contributed by atoms with Crippen LogP contribution in [0, 0.1) is 22.7 Å². The average Bonchev–Trinajstić information content (AvgIpc) is 2.85. The highest BCUT2D eigenvalue weighted by atomic mass is 19.4. The zero-order valence-corrected chi connectivity index (χ0v) is 20.9. The highest BCUT2D eigenvalue weighted by Crippen LogP contribution is 2.53. The standard InChI is InChI=1S/C20H8F20N2O4/c21-13(22,17(29,30)31)3-43-9-7(1-41)8(2-42)10(44-4-14(23,24)18(32,33)34)12(46-6-16(27,28)20(38,39)40)11(9)45-5-15(25,26)19(35,36)37/h3-6H2. The topological polar surface area (TPSA) is 84.5 Å². The van der Waals surface area contributed by atoms with Crippen molar-refractivity contribution < 1.29 is 107 Å². The van der Waals surface area contributed by atoms with Crippen LogP contribution in [0.1, 0.15) is 11.1 Å². The SMILES string of the molecule is N#Cc1c(C#N)c(OCC(F)(F)C(F)(F)F)c(OCC(F)(F)C(F)(F)F)c(OCC(F)(F)C(F)(F)F)c1OCC(F)(F)C(F)(F)F. The number of ether oxygens (including phenoxy) is 4. The van der Waals surface area contributed by atoms with Gasteiger partial charge < -0.3 is 18.9 Å². The van der Waals surface area contributed by atoms with Crippen molar-refractivity contribution in [3.8, 4) is 35.1 Å². The summed E-state index contributed by atoms with van der Waals surface area (Å²) in [7, 11) is 0. The molecule has 0 amide bonds. The van der Waals surface area contributed by atoms with Gasteiger partial charge in [0.15, 0.2) is 37.9 Å². The van der Waals surface area contributed by atoms with Gasteiger partial charge in [0, 0.05) is 0 Å². The third-order valence-electron chi connectivity index (χ3n) is 4.80. The van der Waals surface area contributed by atoms with Crippen molar-refractivity contribution in [2.24, 2.45) is 0 Å². The third kappa shape index (κ3) is 8.62. The molecule has 1 aromatic rings. The second-order valence-electron chi connectivity index (χ2n) is 8.25. The Kier molecular flexibility index (Phi) is 11.0. The van der Waals surface area contributed by atoms with Crippen molar-refractivity contribution in [3.05, 3.63) is 11.1 Å². The molecule has 0 aromatic heterocycles. The molecule has 0 N–H and O–H groups in total. The average molecular weight is 720 g/mol. The first-order valence-electron chi connectivity index (χ1n) is 10.6. The van der Waals surface area contributed by atoms with Gasteiger partial charge in [-0.2, -0.15) is 98.3 Å². The molecule has 0 saturated carbocycles. The zero-order valence-electron chi connectivity index (χ0n) is 20.9. The molecule has 0 bridgehead atoms. The first-order valence-corrected chi connectivity index (χ1v) is 10.6. The lowest BCUT2D eigenvalue weighted by Crippen LogP contribution is -2.43. The largest absolute Gasteiger partial charge is 0.481 e. The van der Waals surface area contributed by atoms with Crippen LogP contribution in [-0.2, 0) is 0 Å². The maximum atomic E-state index is 13.6. The summed E-state index contributed by atoms with van der Waals surface area (Å²) in [4.78, 5) is 0. The summed E-state index contributed by atoms with van der Waals surface area (Å²) in [6.07, 6.45) is -26.6. The number of rotatable bonds is 12. The number of alkyl halides is 20. The number of benzene rings is 1. The zero-order chi connectivity index (χ0) is 36.5. The van der Waals surface area contributed by atoms with Crippen LogP contribution in [0.2, 0.25) is 0 Å². The Morgan fingerprint density at radius 1 is 0.348 bits per heavy atom. The summed E-state index contributed by atoms with van der Waals surface area (Å²) < 4.78 is 275. The van der Waals surface area contributed by atoms with E-state index in [2.05, 4.69) is 18.9 Å². The van der Waals surface area contributed by atoms with E-state index in [1.807, 2.05) is 0 Å². The van der Waals surface area contributed by atoms with Gasteiger partial charge in [-0.1, -0.05) is 0 Å². The molecule has 6 nitrogen and oxygen atoms in total. The molecule has 0 heterocycles. The van der Waals surface area contributed by atoms with Crippen molar-refractivity contribution in [1.29, 1.82) is 10.5 Å². The monoisotopic (exact) mass is 720 g/mol. The van der Waals surface area contributed by atoms with Crippen LogP contribution < -0.4 is 18.9 Å². The summed E-state index contributed by atoms with van der Waals surface area (Å²) in [6, 6.07) is 1.23. The van der Waals surface area contributed by atoms with Gasteiger partial charge in [-0.3, -0.25) is 0 Å². The van der Waals surface area contributed by atoms with E-state index in [9.17, 15) is 98.3 Å². The lowest BCUT2D eigenvalue weighted by molar-refractivity contribution is -0.292. The second-order valence-corrected chi connectivity index (χ2v) is 8.25. The normalized spacial score (nSPS) is 14.0. The molecule has 1 aromatic carbocycles. The summed E-state index contributed by atoms with van der Waals surface area (Å²) in [5.41, 5.74) is -4.13. The molecule has 0 aliphatic carbocycles. The minimum absolute atomic E-state index is 0.613. The van der Waals surface area contributed by atoms with Gasteiger partial charge in [-0.05, 0) is 0 Å². The van der Waals surface area contributed by atoms with Gasteiger partial charge in [0.1, 0.15) is 23.3 Å². The Bertz CT molecular complexity index is 1230. The van der Waals surface area contributed by atoms with Gasteiger partial charge in [0.2, 0.25) is 11.5 Å². The number of hydrogen-bond acceptors (Lipinski definition) is 6. The lowest BCUT2D eigenvalue weighted by Gasteiger charge is -2.27. The molecule has 0 atom stereocenters. The predicted octanol–water partition coefficient (Wildman–Crippen LogP) is 7.74. The van der Waals surface area contributed by atoms with Crippen molar-refractivity contribution in [2.75, 3.05) is 26.4 Å². The number of hydrogen-bond donors (Lipinski definition) is 0. The highest BCUT2D eigenvalue weighted by molar-refractivity contribution is 5.73. The smallest absolute Gasteiger partial charge is 0.456 e. The molecule has 0 spiro atoms. The summed E-state index contributed by atoms with van der Waals surface area (Å²) in [5, 5.41) is 18.5. The Morgan fingerprint density at radius 3 is 0.674 bits per heavy atom. The van der Waals surface area contributed by atoms with E-state index < -0.39 is 109 Å². The summed E-state index contributed by atoms with van der Waals surface area (Å²) >= 11 is 0. The maximum absolute atomic E-state index is 13.6. The van der Waals surface area contributed by atoms with E-state index >= 15 is 0 Å². The van der Waals surface area contributed by atoms with Crippen LogP contribution in [-0.4, -0.2) is 74.8 Å². The van der Waals surface area contributed by atoms with Crippen LogP contribution in [0.25, 0.3) is 0 Å². The van der Waals surface area contributed by atoms with Crippen LogP contribution >= 0.6 is 0 Å². The molecule has 0 aliphatic heterocycles. The maximum Gasteiger partial charge on any atom is 0.456 e. The molecule has 0 aliphatic rings. The highest BCUT2D eigenvalue weighted by Gasteiger charge is 2.61. The van der Waals surface area contributed by atoms with Crippen molar-refractivity contribution in [3.63, 3.8) is 0 Å². The van der Waals surface area contributed by atoms with Gasteiger partial charge in [-0.15, -0.1) is 0 Å². The van der Waals surface area contributed by atoms with Crippen molar-refractivity contribution in [1.82, 2.24) is 0 Å². The Balaban J connectivity index is 4.23. The molecule has 1 rings (SSSR count). The number of nitriles is 2. The van der Waals surface area contributed by atoms with Crippen LogP contribution in [0.4, 0.5) is 87.8 Å². The minimum atomic E-state index is -6.68. The van der Waals surface area contributed by atoms with E-state index in [0.717, 1.165) is 0 Å². The Hall–Kier alpha value is -4.00. The van der Waals surface area contributed by atoms with Gasteiger partial charge in [-0.25, -0.2) is 0 Å². The minimum Gasteiger partial charge on any atom is -0.481 e. The fourth-order valence-electron chi connectivity index (χ4n) is 2.39. The molecule has 0 unspecified atom stereocenters. The third-order valence-corrected chi connectivity index (χ3v) is 4.80. The summed E-state index contributed by atoms with van der Waals surface area (Å²) in [6.45, 7) is -12.9. The Morgan fingerprint density at radius 2 is 0.522 bits per heavy atom. The van der Waals surface area contributed by atoms with E-state index in [0.29, 0.717) is 12.1 Å². The van der Waals surface area contributed by atoms with E-state index in [4.69, 9.17) is 0 Å². The van der Waals surface area contributed by atoms with E-state index in [1.54, 1.807) is 0 Å². The molecule has 26 heteroatoms. The molecule has 262 valence electrons. The first-order chi connectivity index (χ1) is 20.3. The van der Waals surface area contributed by atoms with Crippen molar-refractivity contribution in [2.45, 2.75) is 48.4 Å². The van der Waals surface area contributed by atoms with Gasteiger partial charge >= 0.3 is 48.4 Å². The predicted molar refractivity (Wildman–Crippen MR) is 102 cm³/mol. The van der Waals surface area contributed by atoms with Crippen LogP contribution in [0.15, 0.2) is 0 Å². The van der Waals surface area contributed by atoms with Gasteiger partial charge in [0.25, 0.3) is 0 Å². The lowest BCUT2D eigenvalue weighted by atomic mass is 10.0. The quantitative estimate of drug-likeness (QED) is 0.206. The number of halogens is 20. The molecule has 46 heavy (non-hydrogen) atoms. The van der Waals surface area contributed by atoms with Crippen LogP contribution in [0.3, 0.4) is 0 Å². The van der Waals surface area contributed by atoms with Gasteiger partial charge in [0.05, 0.1) is 0 Å². The number of nitrogens with zero attached hydrogens (tertiary/aromatic N) is 2. The molecule has 0 radical (unpaired) electrons. The first kappa shape index (κ1) is 40.0.